The van der Waals surface area contributed by atoms with Crippen molar-refractivity contribution >= 4 is 28.2 Å². The molecule has 1 aromatic carbocycles. The fourth-order valence-corrected chi connectivity index (χ4v) is 5.07. The zero-order chi connectivity index (χ0) is 19.7. The topological polar surface area (TPSA) is 73.9 Å². The minimum absolute atomic E-state index is 0.156. The quantitative estimate of drug-likeness (QED) is 0.751. The minimum Gasteiger partial charge on any atom is -0.462 e. The van der Waals surface area contributed by atoms with Gasteiger partial charge in [0.1, 0.15) is 5.00 Å². The third-order valence-electron chi connectivity index (χ3n) is 5.29. The lowest BCUT2D eigenvalue weighted by Gasteiger charge is -2.20. The summed E-state index contributed by atoms with van der Waals surface area (Å²) in [4.78, 5) is 26.6. The molecule has 0 fully saturated rings. The average Bonchev–Trinajstić information content (AvgIpc) is 3.30. The van der Waals surface area contributed by atoms with Gasteiger partial charge in [-0.1, -0.05) is 13.3 Å². The van der Waals surface area contributed by atoms with Crippen LogP contribution in [-0.2, 0) is 17.6 Å². The van der Waals surface area contributed by atoms with Crippen molar-refractivity contribution in [1.29, 1.82) is 0 Å². The first-order chi connectivity index (χ1) is 13.6. The van der Waals surface area contributed by atoms with Gasteiger partial charge in [0.15, 0.2) is 11.5 Å². The molecule has 0 saturated carbocycles. The van der Waals surface area contributed by atoms with E-state index in [2.05, 4.69) is 12.2 Å². The number of hydrogen-bond donors (Lipinski definition) is 1. The van der Waals surface area contributed by atoms with Crippen molar-refractivity contribution in [3.63, 3.8) is 0 Å². The van der Waals surface area contributed by atoms with Crippen LogP contribution in [0, 0.1) is 5.92 Å². The molecule has 1 aliphatic carbocycles. The molecule has 0 radical (unpaired) electrons. The summed E-state index contributed by atoms with van der Waals surface area (Å²) in [6.45, 7) is 4.44. The van der Waals surface area contributed by atoms with E-state index in [0.717, 1.165) is 31.2 Å². The standard InChI is InChI=1S/C21H23NO5S/c1-3-12-5-7-14-17(9-12)28-20(18(14)21(24)25-4-2)22-19(23)13-6-8-15-16(10-13)27-11-26-15/h6,8,10,12H,3-5,7,9,11H2,1-2H3,(H,22,23)/t12-/m0/s1. The van der Waals surface area contributed by atoms with Gasteiger partial charge in [-0.25, -0.2) is 4.79 Å². The summed E-state index contributed by atoms with van der Waals surface area (Å²) in [6, 6.07) is 5.06. The molecule has 0 unspecified atom stereocenters. The van der Waals surface area contributed by atoms with Crippen molar-refractivity contribution in [2.45, 2.75) is 39.5 Å². The lowest BCUT2D eigenvalue weighted by Crippen LogP contribution is -2.17. The number of hydrogen-bond acceptors (Lipinski definition) is 6. The largest absolute Gasteiger partial charge is 0.462 e. The lowest BCUT2D eigenvalue weighted by molar-refractivity contribution is 0.0526. The number of fused-ring (bicyclic) bond motifs is 2. The van der Waals surface area contributed by atoms with Crippen molar-refractivity contribution in [2.24, 2.45) is 5.92 Å². The molecule has 1 atom stereocenters. The Morgan fingerprint density at radius 3 is 2.86 bits per heavy atom. The maximum atomic E-state index is 12.8. The van der Waals surface area contributed by atoms with Gasteiger partial charge in [-0.05, 0) is 55.9 Å². The average molecular weight is 401 g/mol. The van der Waals surface area contributed by atoms with Gasteiger partial charge in [0.05, 0.1) is 12.2 Å². The Balaban J connectivity index is 1.64. The summed E-state index contributed by atoms with van der Waals surface area (Å²) in [5, 5.41) is 3.50. The van der Waals surface area contributed by atoms with Gasteiger partial charge in [0.2, 0.25) is 6.79 Å². The molecule has 6 nitrogen and oxygen atoms in total. The molecule has 0 saturated heterocycles. The van der Waals surface area contributed by atoms with Crippen LogP contribution < -0.4 is 14.8 Å². The van der Waals surface area contributed by atoms with E-state index in [-0.39, 0.29) is 18.7 Å². The second kappa shape index (κ2) is 7.83. The molecule has 2 heterocycles. The minimum atomic E-state index is -0.365. The predicted octanol–water partition coefficient (Wildman–Crippen LogP) is 4.42. The van der Waals surface area contributed by atoms with E-state index in [4.69, 9.17) is 14.2 Å². The Morgan fingerprint density at radius 1 is 1.25 bits per heavy atom. The molecular formula is C21H23NO5S. The van der Waals surface area contributed by atoms with Crippen LogP contribution in [0.2, 0.25) is 0 Å². The van der Waals surface area contributed by atoms with Crippen LogP contribution in [0.5, 0.6) is 11.5 Å². The summed E-state index contributed by atoms with van der Waals surface area (Å²) in [6.07, 6.45) is 3.97. The number of anilines is 1. The third kappa shape index (κ3) is 3.46. The van der Waals surface area contributed by atoms with E-state index in [1.54, 1.807) is 25.1 Å². The van der Waals surface area contributed by atoms with E-state index in [1.165, 1.54) is 16.2 Å². The van der Waals surface area contributed by atoms with Gasteiger partial charge >= 0.3 is 5.97 Å². The number of benzene rings is 1. The Labute approximate surface area is 167 Å². The number of rotatable bonds is 5. The zero-order valence-electron chi connectivity index (χ0n) is 16.0. The molecule has 1 N–H and O–H groups in total. The van der Waals surface area contributed by atoms with Crippen molar-refractivity contribution in [3.05, 3.63) is 39.8 Å². The van der Waals surface area contributed by atoms with Crippen molar-refractivity contribution in [2.75, 3.05) is 18.7 Å². The Bertz CT molecular complexity index is 920. The lowest BCUT2D eigenvalue weighted by atomic mass is 9.85. The van der Waals surface area contributed by atoms with E-state index in [9.17, 15) is 9.59 Å². The molecule has 7 heteroatoms. The second-order valence-corrected chi connectivity index (χ2v) is 8.07. The fourth-order valence-electron chi connectivity index (χ4n) is 3.72. The first kappa shape index (κ1) is 18.8. The maximum Gasteiger partial charge on any atom is 0.341 e. The number of thiophene rings is 1. The fraction of sp³-hybridized carbons (Fsp3) is 0.429. The molecule has 4 rings (SSSR count). The SMILES string of the molecule is CCOC(=O)c1c(NC(=O)c2ccc3c(c2)OCO3)sc2c1CC[C@H](CC)C2. The number of ether oxygens (including phenoxy) is 3. The highest BCUT2D eigenvalue weighted by Gasteiger charge is 2.30. The van der Waals surface area contributed by atoms with Crippen molar-refractivity contribution in [1.82, 2.24) is 0 Å². The third-order valence-corrected chi connectivity index (χ3v) is 6.46. The van der Waals surface area contributed by atoms with Crippen molar-refractivity contribution < 1.29 is 23.8 Å². The van der Waals surface area contributed by atoms with Crippen LogP contribution in [-0.4, -0.2) is 25.3 Å². The van der Waals surface area contributed by atoms with Gasteiger partial charge in [-0.2, -0.15) is 0 Å². The molecule has 1 aliphatic heterocycles. The number of nitrogens with one attached hydrogen (secondary N) is 1. The van der Waals surface area contributed by atoms with Crippen LogP contribution in [0.1, 0.15) is 57.8 Å². The zero-order valence-corrected chi connectivity index (χ0v) is 16.8. The molecular weight excluding hydrogens is 378 g/mol. The molecule has 0 spiro atoms. The summed E-state index contributed by atoms with van der Waals surface area (Å²) in [5.41, 5.74) is 2.01. The van der Waals surface area contributed by atoms with Gasteiger partial charge in [-0.3, -0.25) is 4.79 Å². The summed E-state index contributed by atoms with van der Waals surface area (Å²) < 4.78 is 15.9. The van der Waals surface area contributed by atoms with Crippen LogP contribution in [0.3, 0.4) is 0 Å². The van der Waals surface area contributed by atoms with Gasteiger partial charge < -0.3 is 19.5 Å². The molecule has 1 amide bonds. The van der Waals surface area contributed by atoms with Gasteiger partial charge in [0, 0.05) is 10.4 Å². The predicted molar refractivity (Wildman–Crippen MR) is 107 cm³/mol. The highest BCUT2D eigenvalue weighted by molar-refractivity contribution is 7.17. The molecule has 2 aliphatic rings. The van der Waals surface area contributed by atoms with Crippen LogP contribution in [0.4, 0.5) is 5.00 Å². The van der Waals surface area contributed by atoms with Crippen LogP contribution in [0.15, 0.2) is 18.2 Å². The van der Waals surface area contributed by atoms with Crippen LogP contribution >= 0.6 is 11.3 Å². The number of amides is 1. The molecule has 1 aromatic heterocycles. The Kier molecular flexibility index (Phi) is 5.26. The molecule has 148 valence electrons. The van der Waals surface area contributed by atoms with Gasteiger partial charge in [0.25, 0.3) is 5.91 Å². The monoisotopic (exact) mass is 401 g/mol. The molecule has 2 aromatic rings. The highest BCUT2D eigenvalue weighted by Crippen LogP contribution is 2.41. The van der Waals surface area contributed by atoms with E-state index in [1.807, 2.05) is 0 Å². The van der Waals surface area contributed by atoms with Crippen molar-refractivity contribution in [3.8, 4) is 11.5 Å². The first-order valence-electron chi connectivity index (χ1n) is 9.63. The maximum absolute atomic E-state index is 12.8. The summed E-state index contributed by atoms with van der Waals surface area (Å²) in [5.74, 6) is 1.15. The summed E-state index contributed by atoms with van der Waals surface area (Å²) in [7, 11) is 0. The number of esters is 1. The molecule has 0 bridgehead atoms. The normalized spacial score (nSPS) is 17.1. The number of carbonyl (C=O) groups is 2. The van der Waals surface area contributed by atoms with E-state index >= 15 is 0 Å². The Hall–Kier alpha value is -2.54. The van der Waals surface area contributed by atoms with Crippen LogP contribution in [0.25, 0.3) is 0 Å². The van der Waals surface area contributed by atoms with E-state index in [0.29, 0.717) is 40.2 Å². The molecule has 28 heavy (non-hydrogen) atoms. The van der Waals surface area contributed by atoms with Gasteiger partial charge in [-0.15, -0.1) is 11.3 Å². The number of carbonyl (C=O) groups excluding carboxylic acids is 2. The highest BCUT2D eigenvalue weighted by atomic mass is 32.1. The first-order valence-corrected chi connectivity index (χ1v) is 10.4. The van der Waals surface area contributed by atoms with E-state index < -0.39 is 0 Å². The smallest absolute Gasteiger partial charge is 0.341 e. The Morgan fingerprint density at radius 2 is 2.07 bits per heavy atom. The second-order valence-electron chi connectivity index (χ2n) is 6.97. The summed E-state index contributed by atoms with van der Waals surface area (Å²) >= 11 is 1.49.